The van der Waals surface area contributed by atoms with Crippen molar-refractivity contribution < 1.29 is 48.5 Å². The van der Waals surface area contributed by atoms with Crippen molar-refractivity contribution in [3.8, 4) is 0 Å². The van der Waals surface area contributed by atoms with Crippen LogP contribution in [-0.4, -0.2) is 98.4 Å². The van der Waals surface area contributed by atoms with Crippen molar-refractivity contribution >= 4 is 41.6 Å². The molecule has 14 heteroatoms. The standard InChI is InChI=1S/C23H33N3O6.C10H17NO4/c1-13(2)18(20(28)24-15-10-7-9-14(3)17(15)21(29)30)25-19(27)16-11-8-12-26(16)22(31)32-23(4,5)6;1-10(2,3)15-9(14)11-6-4-5-7(11)8(12)13/h7,9-10,13,16,18H,8,11-12H2,1-6H3,(H,24,28)(H,25,27)(H,29,30);7H,4-6H2,1-3H3,(H,12,13)/t16-,18-;7-/m00/s1. The highest BCUT2D eigenvalue weighted by Crippen LogP contribution is 2.24. The molecule has 2 aliphatic heterocycles. The summed E-state index contributed by atoms with van der Waals surface area (Å²) >= 11 is 0. The Hall–Kier alpha value is -4.36. The molecule has 2 aliphatic rings. The summed E-state index contributed by atoms with van der Waals surface area (Å²) in [6.45, 7) is 16.6. The molecule has 0 aromatic heterocycles. The van der Waals surface area contributed by atoms with E-state index in [1.165, 1.54) is 15.9 Å². The number of nitrogens with one attached hydrogen (secondary N) is 2. The predicted octanol–water partition coefficient (Wildman–Crippen LogP) is 4.64. The first kappa shape index (κ1) is 38.8. The average molecular weight is 663 g/mol. The first-order valence-electron chi connectivity index (χ1n) is 15.8. The van der Waals surface area contributed by atoms with Crippen molar-refractivity contribution in [2.24, 2.45) is 5.92 Å². The van der Waals surface area contributed by atoms with Crippen LogP contribution >= 0.6 is 0 Å². The van der Waals surface area contributed by atoms with E-state index >= 15 is 0 Å². The van der Waals surface area contributed by atoms with Crippen molar-refractivity contribution in [1.29, 1.82) is 0 Å². The lowest BCUT2D eigenvalue weighted by Crippen LogP contribution is -2.54. The highest BCUT2D eigenvalue weighted by atomic mass is 16.6. The summed E-state index contributed by atoms with van der Waals surface area (Å²) in [5, 5.41) is 23.7. The van der Waals surface area contributed by atoms with Crippen LogP contribution in [0.2, 0.25) is 0 Å². The number of aromatic carboxylic acids is 1. The van der Waals surface area contributed by atoms with Crippen LogP contribution in [0.25, 0.3) is 0 Å². The van der Waals surface area contributed by atoms with E-state index in [1.807, 2.05) is 0 Å². The number of ether oxygens (including phenoxy) is 2. The largest absolute Gasteiger partial charge is 0.480 e. The van der Waals surface area contributed by atoms with Gasteiger partial charge in [0.2, 0.25) is 11.8 Å². The molecule has 3 rings (SSSR count). The van der Waals surface area contributed by atoms with Gasteiger partial charge in [-0.25, -0.2) is 19.2 Å². The maximum Gasteiger partial charge on any atom is 0.411 e. The zero-order chi connectivity index (χ0) is 35.9. The third-order valence-corrected chi connectivity index (χ3v) is 7.34. The van der Waals surface area contributed by atoms with Gasteiger partial charge >= 0.3 is 24.1 Å². The number of carboxylic acids is 2. The van der Waals surface area contributed by atoms with Gasteiger partial charge in [0, 0.05) is 13.1 Å². The number of benzene rings is 1. The molecule has 2 heterocycles. The van der Waals surface area contributed by atoms with Crippen molar-refractivity contribution in [3.05, 3.63) is 29.3 Å². The van der Waals surface area contributed by atoms with Crippen LogP contribution in [0.1, 0.15) is 97.0 Å². The zero-order valence-corrected chi connectivity index (χ0v) is 28.8. The van der Waals surface area contributed by atoms with E-state index in [0.717, 1.165) is 6.42 Å². The number of hydrogen-bond acceptors (Lipinski definition) is 8. The Morgan fingerprint density at radius 2 is 1.32 bits per heavy atom. The first-order chi connectivity index (χ1) is 21.6. The molecule has 47 heavy (non-hydrogen) atoms. The highest BCUT2D eigenvalue weighted by Gasteiger charge is 2.39. The topological polar surface area (TPSA) is 192 Å². The van der Waals surface area contributed by atoms with Crippen molar-refractivity contribution in [2.45, 2.75) is 117 Å². The lowest BCUT2D eigenvalue weighted by Gasteiger charge is -2.29. The van der Waals surface area contributed by atoms with Crippen LogP contribution in [0.4, 0.5) is 15.3 Å². The highest BCUT2D eigenvalue weighted by molar-refractivity contribution is 6.04. The van der Waals surface area contributed by atoms with Crippen LogP contribution in [0.5, 0.6) is 0 Å². The molecule has 2 saturated heterocycles. The summed E-state index contributed by atoms with van der Waals surface area (Å²) in [5.41, 5.74) is -0.584. The van der Waals surface area contributed by atoms with E-state index in [-0.39, 0.29) is 17.2 Å². The second-order valence-corrected chi connectivity index (χ2v) is 14.0. The van der Waals surface area contributed by atoms with E-state index in [4.69, 9.17) is 14.6 Å². The minimum absolute atomic E-state index is 0.00146. The minimum atomic E-state index is -1.15. The normalized spacial score (nSPS) is 18.5. The smallest absolute Gasteiger partial charge is 0.411 e. The van der Waals surface area contributed by atoms with Gasteiger partial charge < -0.3 is 30.3 Å². The Kier molecular flexibility index (Phi) is 13.2. The van der Waals surface area contributed by atoms with E-state index in [2.05, 4.69) is 10.6 Å². The third kappa shape index (κ3) is 11.4. The Morgan fingerprint density at radius 3 is 1.77 bits per heavy atom. The first-order valence-corrected chi connectivity index (χ1v) is 15.8. The van der Waals surface area contributed by atoms with Crippen molar-refractivity contribution in [3.63, 3.8) is 0 Å². The van der Waals surface area contributed by atoms with E-state index < -0.39 is 65.3 Å². The molecular formula is C33H50N4O10. The van der Waals surface area contributed by atoms with Gasteiger partial charge in [-0.15, -0.1) is 0 Å². The summed E-state index contributed by atoms with van der Waals surface area (Å²) in [7, 11) is 0. The molecule has 0 unspecified atom stereocenters. The number of rotatable bonds is 7. The van der Waals surface area contributed by atoms with Gasteiger partial charge in [-0.2, -0.15) is 0 Å². The Bertz CT molecular complexity index is 1330. The number of anilines is 1. The molecule has 0 aliphatic carbocycles. The van der Waals surface area contributed by atoms with E-state index in [1.54, 1.807) is 74.4 Å². The number of carbonyl (C=O) groups is 6. The molecule has 1 aromatic rings. The van der Waals surface area contributed by atoms with Gasteiger partial charge in [0.05, 0.1) is 11.3 Å². The second-order valence-electron chi connectivity index (χ2n) is 14.0. The minimum Gasteiger partial charge on any atom is -0.480 e. The zero-order valence-electron chi connectivity index (χ0n) is 28.8. The molecule has 14 nitrogen and oxygen atoms in total. The fourth-order valence-corrected chi connectivity index (χ4v) is 5.19. The molecule has 262 valence electrons. The average Bonchev–Trinajstić information content (AvgIpc) is 3.60. The molecule has 0 radical (unpaired) electrons. The fourth-order valence-electron chi connectivity index (χ4n) is 5.19. The Balaban J connectivity index is 0.000000427. The van der Waals surface area contributed by atoms with Gasteiger partial charge in [-0.1, -0.05) is 26.0 Å². The van der Waals surface area contributed by atoms with Crippen LogP contribution in [-0.2, 0) is 23.9 Å². The number of carbonyl (C=O) groups excluding carboxylic acids is 4. The van der Waals surface area contributed by atoms with Gasteiger partial charge in [0.1, 0.15) is 29.3 Å². The number of amides is 4. The molecule has 3 atom stereocenters. The summed E-state index contributed by atoms with van der Waals surface area (Å²) in [6, 6.07) is 2.44. The summed E-state index contributed by atoms with van der Waals surface area (Å²) in [5.74, 6) is -3.34. The van der Waals surface area contributed by atoms with Crippen LogP contribution < -0.4 is 10.6 Å². The number of aliphatic carboxylic acids is 1. The number of aryl methyl sites for hydroxylation is 1. The van der Waals surface area contributed by atoms with Crippen molar-refractivity contribution in [2.75, 3.05) is 18.4 Å². The molecule has 4 N–H and O–H groups in total. The summed E-state index contributed by atoms with van der Waals surface area (Å²) < 4.78 is 10.5. The lowest BCUT2D eigenvalue weighted by atomic mass is 10.0. The summed E-state index contributed by atoms with van der Waals surface area (Å²) in [4.78, 5) is 75.2. The number of hydrogen-bond donors (Lipinski definition) is 4. The van der Waals surface area contributed by atoms with Gasteiger partial charge in [-0.3, -0.25) is 19.4 Å². The fraction of sp³-hybridized carbons (Fsp3) is 0.636. The molecule has 2 fully saturated rings. The molecular weight excluding hydrogens is 612 g/mol. The van der Waals surface area contributed by atoms with Crippen LogP contribution in [0.3, 0.4) is 0 Å². The maximum absolute atomic E-state index is 13.0. The van der Waals surface area contributed by atoms with Crippen LogP contribution in [0.15, 0.2) is 18.2 Å². The molecule has 0 saturated carbocycles. The monoisotopic (exact) mass is 662 g/mol. The third-order valence-electron chi connectivity index (χ3n) is 7.34. The van der Waals surface area contributed by atoms with Gasteiger partial charge in [0.25, 0.3) is 0 Å². The Labute approximate surface area is 276 Å². The van der Waals surface area contributed by atoms with Crippen molar-refractivity contribution in [1.82, 2.24) is 15.1 Å². The quantitative estimate of drug-likeness (QED) is 0.320. The SMILES string of the molecule is CC(C)(C)OC(=O)N1CCC[C@H]1C(=O)O.Cc1cccc(NC(=O)[C@@H](NC(=O)[C@@H]2CCCN2C(=O)OC(C)(C)C)C(C)C)c1C(=O)O. The molecule has 0 spiro atoms. The molecule has 0 bridgehead atoms. The lowest BCUT2D eigenvalue weighted by molar-refractivity contribution is -0.142. The van der Waals surface area contributed by atoms with E-state index in [0.29, 0.717) is 37.9 Å². The Morgan fingerprint density at radius 1 is 0.830 bits per heavy atom. The second kappa shape index (κ2) is 16.0. The van der Waals surface area contributed by atoms with Gasteiger partial charge in [0.15, 0.2) is 0 Å². The van der Waals surface area contributed by atoms with Crippen LogP contribution in [0, 0.1) is 12.8 Å². The molecule has 4 amide bonds. The number of likely N-dealkylation sites (tertiary alicyclic amines) is 2. The summed E-state index contributed by atoms with van der Waals surface area (Å²) in [6.07, 6.45) is 1.25. The van der Waals surface area contributed by atoms with Gasteiger partial charge in [-0.05, 0) is 91.7 Å². The van der Waals surface area contributed by atoms with E-state index in [9.17, 15) is 33.9 Å². The molecule has 1 aromatic carbocycles. The number of nitrogens with zero attached hydrogens (tertiary/aromatic N) is 2. The maximum atomic E-state index is 13.0. The number of carboxylic acid groups (broad SMARTS) is 2. The predicted molar refractivity (Wildman–Crippen MR) is 173 cm³/mol.